The van der Waals surface area contributed by atoms with Crippen LogP contribution in [-0.4, -0.2) is 34.8 Å². The quantitative estimate of drug-likeness (QED) is 0.499. The van der Waals surface area contributed by atoms with Crippen molar-refractivity contribution >= 4 is 17.7 Å². The Kier molecular flexibility index (Phi) is 5.99. The maximum Gasteiger partial charge on any atom is 0.316 e. The lowest BCUT2D eigenvalue weighted by Crippen LogP contribution is -2.36. The molecule has 1 saturated carbocycles. The van der Waals surface area contributed by atoms with Gasteiger partial charge in [0.2, 0.25) is 12.7 Å². The van der Waals surface area contributed by atoms with E-state index in [9.17, 15) is 4.79 Å². The van der Waals surface area contributed by atoms with Crippen LogP contribution in [0.2, 0.25) is 0 Å². The molecule has 0 radical (unpaired) electrons. The van der Waals surface area contributed by atoms with Gasteiger partial charge < -0.3 is 18.6 Å². The minimum atomic E-state index is -0.234. The van der Waals surface area contributed by atoms with Crippen LogP contribution in [0.25, 0.3) is 11.5 Å². The van der Waals surface area contributed by atoms with Crippen molar-refractivity contribution in [1.29, 1.82) is 0 Å². The maximum absolute atomic E-state index is 12.4. The predicted molar refractivity (Wildman–Crippen MR) is 108 cm³/mol. The molecule has 0 unspecified atom stereocenters. The van der Waals surface area contributed by atoms with Gasteiger partial charge in [-0.25, -0.2) is 0 Å². The Morgan fingerprint density at radius 3 is 2.90 bits per heavy atom. The number of hydrogen-bond acceptors (Lipinski definition) is 8. The first kappa shape index (κ1) is 20.1. The number of carbonyl (C=O) groups is 1. The van der Waals surface area contributed by atoms with Crippen LogP contribution < -0.4 is 9.47 Å². The normalized spacial score (nSPS) is 23.4. The summed E-state index contributed by atoms with van der Waals surface area (Å²) < 4.78 is 22.2. The largest absolute Gasteiger partial charge is 0.461 e. The number of fused-ring (bicyclic) bond motifs is 1. The zero-order chi connectivity index (χ0) is 20.4. The summed E-state index contributed by atoms with van der Waals surface area (Å²) in [5, 5.41) is 8.43. The minimum absolute atomic E-state index is 0.00118. The van der Waals surface area contributed by atoms with Gasteiger partial charge in [-0.15, -0.1) is 10.2 Å². The number of aromatic nitrogens is 2. The van der Waals surface area contributed by atoms with Crippen molar-refractivity contribution in [2.45, 2.75) is 51.4 Å². The average molecular weight is 419 g/mol. The summed E-state index contributed by atoms with van der Waals surface area (Å²) in [6.07, 6.45) is 3.26. The van der Waals surface area contributed by atoms with Crippen molar-refractivity contribution in [2.75, 3.05) is 12.5 Å². The van der Waals surface area contributed by atoms with Gasteiger partial charge in [0.1, 0.15) is 11.9 Å². The van der Waals surface area contributed by atoms with E-state index in [0.717, 1.165) is 18.4 Å². The molecule has 1 fully saturated rings. The van der Waals surface area contributed by atoms with E-state index in [1.165, 1.54) is 18.2 Å². The highest BCUT2D eigenvalue weighted by Crippen LogP contribution is 2.37. The van der Waals surface area contributed by atoms with Crippen LogP contribution >= 0.6 is 11.8 Å². The van der Waals surface area contributed by atoms with E-state index in [0.29, 0.717) is 40.4 Å². The molecule has 1 aromatic heterocycles. The van der Waals surface area contributed by atoms with Crippen molar-refractivity contribution in [3.63, 3.8) is 0 Å². The van der Waals surface area contributed by atoms with Gasteiger partial charge in [-0.2, -0.15) is 0 Å². The van der Waals surface area contributed by atoms with Crippen LogP contribution in [0.1, 0.15) is 40.0 Å². The second kappa shape index (κ2) is 8.65. The summed E-state index contributed by atoms with van der Waals surface area (Å²) in [5.74, 6) is 3.17. The summed E-state index contributed by atoms with van der Waals surface area (Å²) in [6, 6.07) is 5.44. The fraction of sp³-hybridized carbons (Fsp3) is 0.571. The van der Waals surface area contributed by atoms with E-state index in [4.69, 9.17) is 18.6 Å². The predicted octanol–water partition coefficient (Wildman–Crippen LogP) is 4.56. The third-order valence-corrected chi connectivity index (χ3v) is 6.38. The SMILES string of the molecule is CC(C)[C@H]1CC[C@@H](C)C[C@H]1OC(=O)CSc1nnc(-c2ccc3c(c2)OCO3)o1. The highest BCUT2D eigenvalue weighted by Gasteiger charge is 2.33. The number of ether oxygens (including phenoxy) is 3. The molecule has 7 nitrogen and oxygen atoms in total. The second-order valence-electron chi connectivity index (χ2n) is 8.08. The number of rotatable bonds is 6. The third-order valence-electron chi connectivity index (χ3n) is 5.58. The molecule has 2 heterocycles. The lowest BCUT2D eigenvalue weighted by Gasteiger charge is -2.36. The molecule has 3 atom stereocenters. The fourth-order valence-corrected chi connectivity index (χ4v) is 4.53. The Bertz CT molecular complexity index is 869. The van der Waals surface area contributed by atoms with Crippen LogP contribution in [0, 0.1) is 17.8 Å². The van der Waals surface area contributed by atoms with Crippen LogP contribution in [-0.2, 0) is 9.53 Å². The number of esters is 1. The molecule has 0 saturated heterocycles. The smallest absolute Gasteiger partial charge is 0.316 e. The first-order valence-electron chi connectivity index (χ1n) is 10.1. The van der Waals surface area contributed by atoms with Gasteiger partial charge in [0.25, 0.3) is 5.22 Å². The van der Waals surface area contributed by atoms with E-state index >= 15 is 0 Å². The molecule has 0 spiro atoms. The minimum Gasteiger partial charge on any atom is -0.461 e. The molecular formula is C21H26N2O5S. The molecule has 1 aromatic carbocycles. The standard InChI is InChI=1S/C21H26N2O5S/c1-12(2)15-6-4-13(3)8-17(15)27-19(24)10-29-21-23-22-20(28-21)14-5-7-16-18(9-14)26-11-25-16/h5,7,9,12-13,15,17H,4,6,8,10-11H2,1-3H3/t13-,15-,17-/m1/s1. The van der Waals surface area contributed by atoms with E-state index in [-0.39, 0.29) is 24.6 Å². The Hall–Kier alpha value is -2.22. The number of benzene rings is 1. The Morgan fingerprint density at radius 1 is 1.24 bits per heavy atom. The summed E-state index contributed by atoms with van der Waals surface area (Å²) in [4.78, 5) is 12.4. The van der Waals surface area contributed by atoms with Crippen LogP contribution in [0.4, 0.5) is 0 Å². The van der Waals surface area contributed by atoms with E-state index < -0.39 is 0 Å². The maximum atomic E-state index is 12.4. The molecule has 1 aliphatic heterocycles. The van der Waals surface area contributed by atoms with Crippen molar-refractivity contribution < 1.29 is 23.4 Å². The summed E-state index contributed by atoms with van der Waals surface area (Å²) in [5.41, 5.74) is 0.743. The third kappa shape index (κ3) is 4.69. The van der Waals surface area contributed by atoms with E-state index in [1.807, 2.05) is 12.1 Å². The first-order valence-corrected chi connectivity index (χ1v) is 11.0. The van der Waals surface area contributed by atoms with Crippen LogP contribution in [0.3, 0.4) is 0 Å². The van der Waals surface area contributed by atoms with Crippen molar-refractivity contribution in [3.05, 3.63) is 18.2 Å². The molecular weight excluding hydrogens is 392 g/mol. The molecule has 0 bridgehead atoms. The van der Waals surface area contributed by atoms with Gasteiger partial charge in [0.05, 0.1) is 0 Å². The molecule has 2 aromatic rings. The lowest BCUT2D eigenvalue weighted by molar-refractivity contribution is -0.152. The van der Waals surface area contributed by atoms with Crippen molar-refractivity contribution in [3.8, 4) is 23.0 Å². The van der Waals surface area contributed by atoms with Crippen molar-refractivity contribution in [1.82, 2.24) is 10.2 Å². The van der Waals surface area contributed by atoms with Gasteiger partial charge in [-0.3, -0.25) is 4.79 Å². The fourth-order valence-electron chi connectivity index (χ4n) is 3.99. The van der Waals surface area contributed by atoms with E-state index in [1.54, 1.807) is 6.07 Å². The topological polar surface area (TPSA) is 83.7 Å². The number of carbonyl (C=O) groups excluding carboxylic acids is 1. The molecule has 1 aliphatic carbocycles. The number of nitrogens with zero attached hydrogens (tertiary/aromatic N) is 2. The van der Waals surface area contributed by atoms with Gasteiger partial charge in [0.15, 0.2) is 11.5 Å². The van der Waals surface area contributed by atoms with Gasteiger partial charge in [0, 0.05) is 5.56 Å². The molecule has 156 valence electrons. The zero-order valence-electron chi connectivity index (χ0n) is 16.9. The van der Waals surface area contributed by atoms with E-state index in [2.05, 4.69) is 31.0 Å². The van der Waals surface area contributed by atoms with Crippen LogP contribution in [0.15, 0.2) is 27.8 Å². The average Bonchev–Trinajstić information content (AvgIpc) is 3.35. The molecule has 29 heavy (non-hydrogen) atoms. The van der Waals surface area contributed by atoms with Crippen LogP contribution in [0.5, 0.6) is 11.5 Å². The monoisotopic (exact) mass is 418 g/mol. The van der Waals surface area contributed by atoms with Crippen molar-refractivity contribution in [2.24, 2.45) is 17.8 Å². The zero-order valence-corrected chi connectivity index (χ0v) is 17.7. The second-order valence-corrected chi connectivity index (χ2v) is 9.01. The molecule has 0 N–H and O–H groups in total. The Labute approximate surface area is 174 Å². The summed E-state index contributed by atoms with van der Waals surface area (Å²) in [6.45, 7) is 6.84. The van der Waals surface area contributed by atoms with Gasteiger partial charge in [-0.05, 0) is 48.8 Å². The van der Waals surface area contributed by atoms with Gasteiger partial charge >= 0.3 is 5.97 Å². The molecule has 0 amide bonds. The summed E-state index contributed by atoms with van der Waals surface area (Å²) in [7, 11) is 0. The Morgan fingerprint density at radius 2 is 2.07 bits per heavy atom. The molecule has 8 heteroatoms. The molecule has 4 rings (SSSR count). The first-order chi connectivity index (χ1) is 14.0. The molecule has 2 aliphatic rings. The number of hydrogen-bond donors (Lipinski definition) is 0. The lowest BCUT2D eigenvalue weighted by atomic mass is 9.75. The summed E-state index contributed by atoms with van der Waals surface area (Å²) >= 11 is 1.20. The highest BCUT2D eigenvalue weighted by molar-refractivity contribution is 7.99. The number of thioether (sulfide) groups is 1. The highest BCUT2D eigenvalue weighted by atomic mass is 32.2. The Balaban J connectivity index is 1.33. The van der Waals surface area contributed by atoms with Gasteiger partial charge in [-0.1, -0.05) is 39.0 Å².